The number of benzene rings is 1. The molecule has 0 unspecified atom stereocenters. The molecule has 0 saturated carbocycles. The van der Waals surface area contributed by atoms with Gasteiger partial charge in [0, 0.05) is 69.5 Å². The molecule has 1 fully saturated rings. The fourth-order valence-corrected chi connectivity index (χ4v) is 3.60. The Balaban J connectivity index is 1.39. The highest BCUT2D eigenvalue weighted by Gasteiger charge is 2.22. The summed E-state index contributed by atoms with van der Waals surface area (Å²) in [7, 11) is 3.21. The molecule has 8 heteroatoms. The first-order valence-corrected chi connectivity index (χ1v) is 10.3. The minimum atomic E-state index is 0.483. The molecule has 0 spiro atoms. The number of hydrogen-bond acceptors (Lipinski definition) is 8. The number of nitrogens with zero attached hydrogens (tertiary/aromatic N) is 5. The molecule has 1 aliphatic rings. The van der Waals surface area contributed by atoms with E-state index < -0.39 is 0 Å². The second kappa shape index (κ2) is 10.1. The minimum Gasteiger partial charge on any atom is -0.493 e. The SMILES string of the molecule is COc1ccc(Oc2nccnc2N2CCN(CCc3ccccn3)CC2)cc1OC. The summed E-state index contributed by atoms with van der Waals surface area (Å²) in [6, 6.07) is 11.5. The van der Waals surface area contributed by atoms with Crippen LogP contribution in [0, 0.1) is 0 Å². The zero-order chi connectivity index (χ0) is 21.5. The first kappa shape index (κ1) is 20.9. The summed E-state index contributed by atoms with van der Waals surface area (Å²) in [6.07, 6.45) is 6.15. The van der Waals surface area contributed by atoms with Crippen LogP contribution in [-0.2, 0) is 6.42 Å². The lowest BCUT2D eigenvalue weighted by atomic mass is 10.2. The van der Waals surface area contributed by atoms with Gasteiger partial charge in [-0.15, -0.1) is 0 Å². The fourth-order valence-electron chi connectivity index (χ4n) is 3.60. The van der Waals surface area contributed by atoms with E-state index in [1.807, 2.05) is 30.5 Å². The quantitative estimate of drug-likeness (QED) is 0.550. The van der Waals surface area contributed by atoms with Gasteiger partial charge in [0.05, 0.1) is 14.2 Å². The first-order chi connectivity index (χ1) is 15.3. The van der Waals surface area contributed by atoms with E-state index in [9.17, 15) is 0 Å². The number of rotatable bonds is 8. The molecule has 3 heterocycles. The number of methoxy groups -OCH3 is 2. The Morgan fingerprint density at radius 2 is 1.65 bits per heavy atom. The molecule has 0 aliphatic carbocycles. The van der Waals surface area contributed by atoms with Crippen molar-refractivity contribution < 1.29 is 14.2 Å². The van der Waals surface area contributed by atoms with Crippen molar-refractivity contribution in [2.45, 2.75) is 6.42 Å². The van der Waals surface area contributed by atoms with E-state index in [-0.39, 0.29) is 0 Å². The van der Waals surface area contributed by atoms with Crippen molar-refractivity contribution in [3.63, 3.8) is 0 Å². The summed E-state index contributed by atoms with van der Waals surface area (Å²) in [5, 5.41) is 0. The molecule has 0 N–H and O–H groups in total. The third-order valence-electron chi connectivity index (χ3n) is 5.30. The average Bonchev–Trinajstić information content (AvgIpc) is 2.84. The van der Waals surface area contributed by atoms with Crippen LogP contribution in [0.3, 0.4) is 0 Å². The van der Waals surface area contributed by atoms with Gasteiger partial charge >= 0.3 is 0 Å². The van der Waals surface area contributed by atoms with Gasteiger partial charge in [0.1, 0.15) is 5.75 Å². The van der Waals surface area contributed by atoms with Gasteiger partial charge in [-0.05, 0) is 24.3 Å². The lowest BCUT2D eigenvalue weighted by Gasteiger charge is -2.35. The zero-order valence-corrected chi connectivity index (χ0v) is 17.9. The van der Waals surface area contributed by atoms with Gasteiger partial charge in [0.25, 0.3) is 5.88 Å². The molecule has 162 valence electrons. The van der Waals surface area contributed by atoms with Gasteiger partial charge < -0.3 is 19.1 Å². The van der Waals surface area contributed by atoms with Gasteiger partial charge in [0.15, 0.2) is 17.3 Å². The predicted molar refractivity (Wildman–Crippen MR) is 118 cm³/mol. The summed E-state index contributed by atoms with van der Waals surface area (Å²) in [5.74, 6) is 3.11. The minimum absolute atomic E-state index is 0.483. The Bertz CT molecular complexity index is 978. The van der Waals surface area contributed by atoms with E-state index in [2.05, 4.69) is 30.8 Å². The van der Waals surface area contributed by atoms with Gasteiger partial charge in [-0.25, -0.2) is 9.97 Å². The van der Waals surface area contributed by atoms with E-state index in [1.165, 1.54) is 0 Å². The van der Waals surface area contributed by atoms with E-state index in [0.29, 0.717) is 23.1 Å². The van der Waals surface area contributed by atoms with Crippen LogP contribution >= 0.6 is 0 Å². The van der Waals surface area contributed by atoms with Crippen molar-refractivity contribution in [1.82, 2.24) is 19.9 Å². The van der Waals surface area contributed by atoms with Crippen LogP contribution in [0.5, 0.6) is 23.1 Å². The van der Waals surface area contributed by atoms with Crippen molar-refractivity contribution in [1.29, 1.82) is 0 Å². The number of anilines is 1. The molecule has 1 aromatic carbocycles. The molecule has 1 saturated heterocycles. The Hall–Kier alpha value is -3.39. The molecule has 31 heavy (non-hydrogen) atoms. The number of pyridine rings is 1. The van der Waals surface area contributed by atoms with Crippen molar-refractivity contribution >= 4 is 5.82 Å². The highest BCUT2D eigenvalue weighted by atomic mass is 16.5. The topological polar surface area (TPSA) is 72.8 Å². The van der Waals surface area contributed by atoms with Crippen LogP contribution in [0.4, 0.5) is 5.82 Å². The van der Waals surface area contributed by atoms with Crippen LogP contribution in [0.15, 0.2) is 55.0 Å². The first-order valence-electron chi connectivity index (χ1n) is 10.3. The summed E-state index contributed by atoms with van der Waals surface area (Å²) in [5.41, 5.74) is 1.13. The van der Waals surface area contributed by atoms with E-state index >= 15 is 0 Å². The van der Waals surface area contributed by atoms with E-state index in [0.717, 1.165) is 50.7 Å². The fraction of sp³-hybridized carbons (Fsp3) is 0.348. The number of aromatic nitrogens is 3. The maximum Gasteiger partial charge on any atom is 0.263 e. The van der Waals surface area contributed by atoms with Crippen LogP contribution in [0.2, 0.25) is 0 Å². The van der Waals surface area contributed by atoms with Crippen LogP contribution in [0.25, 0.3) is 0 Å². The monoisotopic (exact) mass is 421 g/mol. The van der Waals surface area contributed by atoms with Gasteiger partial charge in [-0.1, -0.05) is 6.07 Å². The van der Waals surface area contributed by atoms with E-state index in [4.69, 9.17) is 14.2 Å². The average molecular weight is 422 g/mol. The van der Waals surface area contributed by atoms with Crippen molar-refractivity contribution in [2.24, 2.45) is 0 Å². The maximum atomic E-state index is 6.06. The molecular weight excluding hydrogens is 394 g/mol. The number of ether oxygens (including phenoxy) is 3. The third-order valence-corrected chi connectivity index (χ3v) is 5.30. The summed E-state index contributed by atoms with van der Waals surface area (Å²) >= 11 is 0. The third kappa shape index (κ3) is 5.21. The molecule has 0 amide bonds. The van der Waals surface area contributed by atoms with Gasteiger partial charge in [-0.3, -0.25) is 9.88 Å². The normalized spacial score (nSPS) is 14.3. The summed E-state index contributed by atoms with van der Waals surface area (Å²) in [6.45, 7) is 4.64. The molecule has 4 rings (SSSR count). The molecule has 3 aromatic rings. The number of hydrogen-bond donors (Lipinski definition) is 0. The lowest BCUT2D eigenvalue weighted by Crippen LogP contribution is -2.47. The molecule has 0 bridgehead atoms. The van der Waals surface area contributed by atoms with Crippen molar-refractivity contribution in [3.8, 4) is 23.1 Å². The lowest BCUT2D eigenvalue weighted by molar-refractivity contribution is 0.259. The molecule has 1 aliphatic heterocycles. The molecular formula is C23H27N5O3. The smallest absolute Gasteiger partial charge is 0.263 e. The Labute approximate surface area is 182 Å². The maximum absolute atomic E-state index is 6.06. The van der Waals surface area contributed by atoms with Crippen LogP contribution in [-0.4, -0.2) is 66.8 Å². The van der Waals surface area contributed by atoms with Crippen LogP contribution in [0.1, 0.15) is 5.69 Å². The molecule has 0 atom stereocenters. The number of piperazine rings is 1. The molecule has 0 radical (unpaired) electrons. The second-order valence-electron chi connectivity index (χ2n) is 7.20. The van der Waals surface area contributed by atoms with Crippen molar-refractivity contribution in [3.05, 3.63) is 60.7 Å². The van der Waals surface area contributed by atoms with Gasteiger partial charge in [0.2, 0.25) is 0 Å². The predicted octanol–water partition coefficient (Wildman–Crippen LogP) is 3.05. The van der Waals surface area contributed by atoms with E-state index in [1.54, 1.807) is 32.7 Å². The highest BCUT2D eigenvalue weighted by Crippen LogP contribution is 2.34. The Morgan fingerprint density at radius 3 is 2.39 bits per heavy atom. The Morgan fingerprint density at radius 1 is 0.839 bits per heavy atom. The summed E-state index contributed by atoms with van der Waals surface area (Å²) in [4.78, 5) is 18.1. The highest BCUT2D eigenvalue weighted by molar-refractivity contribution is 5.52. The van der Waals surface area contributed by atoms with Crippen LogP contribution < -0.4 is 19.1 Å². The van der Waals surface area contributed by atoms with Crippen molar-refractivity contribution in [2.75, 3.05) is 51.8 Å². The Kier molecular flexibility index (Phi) is 6.78. The summed E-state index contributed by atoms with van der Waals surface area (Å²) < 4.78 is 16.7. The largest absolute Gasteiger partial charge is 0.493 e. The molecule has 8 nitrogen and oxygen atoms in total. The second-order valence-corrected chi connectivity index (χ2v) is 7.20. The molecule has 2 aromatic heterocycles. The standard InChI is InChI=1S/C23H27N5O3/c1-29-20-7-6-19(17-21(20)30-2)31-23-22(25-10-11-26-23)28-15-13-27(14-16-28)12-8-18-5-3-4-9-24-18/h3-7,9-11,17H,8,12-16H2,1-2H3. The zero-order valence-electron chi connectivity index (χ0n) is 17.9. The van der Waals surface area contributed by atoms with Gasteiger partial charge in [-0.2, -0.15) is 0 Å².